The first-order valence-corrected chi connectivity index (χ1v) is 10.1. The highest BCUT2D eigenvalue weighted by atomic mass is 35.5. The van der Waals surface area contributed by atoms with Crippen LogP contribution in [0.15, 0.2) is 78.9 Å². The number of hydrogen-bond donors (Lipinski definition) is 1. The van der Waals surface area contributed by atoms with Gasteiger partial charge in [-0.2, -0.15) is 0 Å². The summed E-state index contributed by atoms with van der Waals surface area (Å²) >= 11 is 6.07. The number of carbonyl (C=O) groups is 2. The second-order valence-corrected chi connectivity index (χ2v) is 7.16. The van der Waals surface area contributed by atoms with Crippen molar-refractivity contribution in [3.63, 3.8) is 0 Å². The maximum absolute atomic E-state index is 13.0. The Bertz CT molecular complexity index is 1200. The number of ether oxygens (including phenoxy) is 2. The number of hydrogen-bond acceptors (Lipinski definition) is 6. The summed E-state index contributed by atoms with van der Waals surface area (Å²) in [6, 6.07) is 19.2. The Morgan fingerprint density at radius 1 is 1.06 bits per heavy atom. The number of halogens is 1. The zero-order valence-corrected chi connectivity index (χ0v) is 18.2. The Kier molecular flexibility index (Phi) is 7.77. The topological polar surface area (TPSA) is 108 Å². The predicted octanol–water partition coefficient (Wildman–Crippen LogP) is 5.19. The molecule has 3 aromatic rings. The van der Waals surface area contributed by atoms with Gasteiger partial charge in [0.2, 0.25) is 6.10 Å². The van der Waals surface area contributed by atoms with Gasteiger partial charge >= 0.3 is 5.97 Å². The minimum atomic E-state index is -1.28. The molecule has 0 aliphatic rings. The van der Waals surface area contributed by atoms with Crippen LogP contribution in [-0.2, 0) is 14.3 Å². The molecule has 3 aromatic carbocycles. The standard InChI is InChI=1S/C24H19ClN2O6/c1-32-19-9-5-6-16(14-19)10-13-22(28)33-23(17-7-3-2-4-8-17)24(29)26-21-12-11-18(27(30)31)15-20(21)25/h2-15,23H,1H3,(H,26,29)/b13-10+. The van der Waals surface area contributed by atoms with Gasteiger partial charge in [0, 0.05) is 23.8 Å². The van der Waals surface area contributed by atoms with Crippen molar-refractivity contribution in [2.45, 2.75) is 6.10 Å². The molecule has 0 fully saturated rings. The number of benzene rings is 3. The third-order valence-corrected chi connectivity index (χ3v) is 4.81. The lowest BCUT2D eigenvalue weighted by molar-refractivity contribution is -0.384. The van der Waals surface area contributed by atoms with Gasteiger partial charge in [-0.3, -0.25) is 14.9 Å². The van der Waals surface area contributed by atoms with E-state index >= 15 is 0 Å². The van der Waals surface area contributed by atoms with Crippen molar-refractivity contribution < 1.29 is 24.0 Å². The Labute approximate surface area is 194 Å². The number of methoxy groups -OCH3 is 1. The average Bonchev–Trinajstić information content (AvgIpc) is 2.83. The lowest BCUT2D eigenvalue weighted by Gasteiger charge is -2.17. The quantitative estimate of drug-likeness (QED) is 0.212. The van der Waals surface area contributed by atoms with Crippen molar-refractivity contribution in [3.05, 3.63) is 105 Å². The van der Waals surface area contributed by atoms with Gasteiger partial charge in [0.1, 0.15) is 5.75 Å². The molecule has 0 aliphatic heterocycles. The number of anilines is 1. The van der Waals surface area contributed by atoms with E-state index in [1.54, 1.807) is 54.6 Å². The Hall–Kier alpha value is -4.17. The van der Waals surface area contributed by atoms with Crippen LogP contribution in [0.1, 0.15) is 17.2 Å². The molecule has 9 heteroatoms. The van der Waals surface area contributed by atoms with Crippen LogP contribution in [0.5, 0.6) is 5.75 Å². The fourth-order valence-corrected chi connectivity index (χ4v) is 3.10. The van der Waals surface area contributed by atoms with E-state index in [0.29, 0.717) is 16.9 Å². The average molecular weight is 467 g/mol. The van der Waals surface area contributed by atoms with Gasteiger partial charge in [0.25, 0.3) is 11.6 Å². The van der Waals surface area contributed by atoms with E-state index in [0.717, 1.165) is 6.07 Å². The molecule has 1 N–H and O–H groups in total. The van der Waals surface area contributed by atoms with Gasteiger partial charge in [0.15, 0.2) is 0 Å². The van der Waals surface area contributed by atoms with E-state index in [1.807, 2.05) is 0 Å². The van der Waals surface area contributed by atoms with E-state index in [4.69, 9.17) is 21.1 Å². The van der Waals surface area contributed by atoms with Crippen LogP contribution in [0.2, 0.25) is 5.02 Å². The molecule has 1 atom stereocenters. The largest absolute Gasteiger partial charge is 0.497 e. The number of non-ortho nitro benzene ring substituents is 1. The summed E-state index contributed by atoms with van der Waals surface area (Å²) in [5.41, 5.74) is 1.09. The summed E-state index contributed by atoms with van der Waals surface area (Å²) in [6.45, 7) is 0. The number of nitro benzene ring substituents is 1. The Balaban J connectivity index is 1.79. The number of nitro groups is 1. The molecule has 33 heavy (non-hydrogen) atoms. The molecular formula is C24H19ClN2O6. The minimum absolute atomic E-state index is 0.0198. The number of rotatable bonds is 8. The van der Waals surface area contributed by atoms with Crippen LogP contribution in [0.4, 0.5) is 11.4 Å². The van der Waals surface area contributed by atoms with Crippen LogP contribution in [0.25, 0.3) is 6.08 Å². The summed E-state index contributed by atoms with van der Waals surface area (Å²) in [4.78, 5) is 35.7. The van der Waals surface area contributed by atoms with Crippen molar-refractivity contribution in [1.29, 1.82) is 0 Å². The van der Waals surface area contributed by atoms with Crippen LogP contribution >= 0.6 is 11.6 Å². The summed E-state index contributed by atoms with van der Waals surface area (Å²) in [5, 5.41) is 13.4. The molecule has 0 saturated heterocycles. The van der Waals surface area contributed by atoms with Crippen LogP contribution in [0.3, 0.4) is 0 Å². The smallest absolute Gasteiger partial charge is 0.331 e. The molecule has 0 radical (unpaired) electrons. The molecule has 1 unspecified atom stereocenters. The van der Waals surface area contributed by atoms with E-state index in [-0.39, 0.29) is 16.4 Å². The van der Waals surface area contributed by atoms with Gasteiger partial charge in [-0.25, -0.2) is 4.79 Å². The first-order chi connectivity index (χ1) is 15.9. The monoisotopic (exact) mass is 466 g/mol. The Morgan fingerprint density at radius 3 is 2.48 bits per heavy atom. The third-order valence-electron chi connectivity index (χ3n) is 4.50. The van der Waals surface area contributed by atoms with Gasteiger partial charge in [0.05, 0.1) is 22.7 Å². The van der Waals surface area contributed by atoms with Crippen LogP contribution in [0, 0.1) is 10.1 Å². The zero-order valence-electron chi connectivity index (χ0n) is 17.4. The number of esters is 1. The fourth-order valence-electron chi connectivity index (χ4n) is 2.88. The zero-order chi connectivity index (χ0) is 23.8. The number of nitrogens with one attached hydrogen (secondary N) is 1. The second kappa shape index (κ2) is 10.9. The molecule has 0 saturated carbocycles. The number of amides is 1. The molecule has 0 bridgehead atoms. The molecule has 0 aliphatic carbocycles. The van der Waals surface area contributed by atoms with Crippen LogP contribution < -0.4 is 10.1 Å². The van der Waals surface area contributed by atoms with Crippen molar-refractivity contribution in [1.82, 2.24) is 0 Å². The van der Waals surface area contributed by atoms with E-state index < -0.39 is 22.9 Å². The summed E-state index contributed by atoms with van der Waals surface area (Å²) < 4.78 is 10.6. The predicted molar refractivity (Wildman–Crippen MR) is 124 cm³/mol. The van der Waals surface area contributed by atoms with Crippen LogP contribution in [-0.4, -0.2) is 23.9 Å². The number of nitrogens with zero attached hydrogens (tertiary/aromatic N) is 1. The molecule has 0 heterocycles. The fraction of sp³-hybridized carbons (Fsp3) is 0.0833. The molecule has 8 nitrogen and oxygen atoms in total. The maximum atomic E-state index is 13.0. The first-order valence-electron chi connectivity index (χ1n) is 9.70. The molecule has 0 aromatic heterocycles. The molecular weight excluding hydrogens is 448 g/mol. The van der Waals surface area contributed by atoms with E-state index in [2.05, 4.69) is 5.32 Å². The Morgan fingerprint density at radius 2 is 1.82 bits per heavy atom. The van der Waals surface area contributed by atoms with E-state index in [9.17, 15) is 19.7 Å². The molecule has 168 valence electrons. The maximum Gasteiger partial charge on any atom is 0.331 e. The minimum Gasteiger partial charge on any atom is -0.497 e. The molecule has 0 spiro atoms. The lowest BCUT2D eigenvalue weighted by Crippen LogP contribution is -2.25. The summed E-state index contributed by atoms with van der Waals surface area (Å²) in [7, 11) is 1.54. The van der Waals surface area contributed by atoms with Crippen molar-refractivity contribution in [2.24, 2.45) is 0 Å². The highest BCUT2D eigenvalue weighted by Crippen LogP contribution is 2.28. The van der Waals surface area contributed by atoms with Gasteiger partial charge in [-0.1, -0.05) is 54.1 Å². The normalized spacial score (nSPS) is 11.6. The highest BCUT2D eigenvalue weighted by Gasteiger charge is 2.25. The lowest BCUT2D eigenvalue weighted by atomic mass is 10.1. The third kappa shape index (κ3) is 6.41. The molecule has 3 rings (SSSR count). The van der Waals surface area contributed by atoms with Crippen molar-refractivity contribution in [3.8, 4) is 5.75 Å². The molecule has 1 amide bonds. The van der Waals surface area contributed by atoms with E-state index in [1.165, 1.54) is 31.4 Å². The van der Waals surface area contributed by atoms with Crippen molar-refractivity contribution >= 4 is 40.9 Å². The van der Waals surface area contributed by atoms with Gasteiger partial charge < -0.3 is 14.8 Å². The summed E-state index contributed by atoms with van der Waals surface area (Å²) in [5.74, 6) is -0.774. The summed E-state index contributed by atoms with van der Waals surface area (Å²) in [6.07, 6.45) is 1.47. The van der Waals surface area contributed by atoms with Crippen molar-refractivity contribution in [2.75, 3.05) is 12.4 Å². The second-order valence-electron chi connectivity index (χ2n) is 6.75. The van der Waals surface area contributed by atoms with Gasteiger partial charge in [-0.15, -0.1) is 0 Å². The highest BCUT2D eigenvalue weighted by molar-refractivity contribution is 6.34. The van der Waals surface area contributed by atoms with Gasteiger partial charge in [-0.05, 0) is 29.8 Å². The SMILES string of the molecule is COc1cccc(/C=C/C(=O)OC(C(=O)Nc2ccc([N+](=O)[O-])cc2Cl)c2ccccc2)c1. The number of carbonyl (C=O) groups excluding carboxylic acids is 2. The first kappa shape index (κ1) is 23.5.